The quantitative estimate of drug-likeness (QED) is 0.456. The number of hydrogen-bond donors (Lipinski definition) is 0. The first-order chi connectivity index (χ1) is 13.2. The van der Waals surface area contributed by atoms with Crippen molar-refractivity contribution in [3.8, 4) is 11.3 Å². The normalized spacial score (nSPS) is 13.3. The van der Waals surface area contributed by atoms with Crippen LogP contribution < -0.4 is 0 Å². The minimum Gasteiger partial charge on any atom is -0.355 e. The average molecular weight is 359 g/mol. The molecule has 0 unspecified atom stereocenters. The van der Waals surface area contributed by atoms with Crippen LogP contribution in [-0.2, 0) is 0 Å². The summed E-state index contributed by atoms with van der Waals surface area (Å²) in [5.74, 6) is -0.0639. The fraction of sp³-hybridized carbons (Fsp3) is 0. The van der Waals surface area contributed by atoms with Crippen molar-refractivity contribution in [1.29, 1.82) is 0 Å². The Kier molecular flexibility index (Phi) is 3.47. The van der Waals surface area contributed by atoms with Gasteiger partial charge in [-0.05, 0) is 42.5 Å². The van der Waals surface area contributed by atoms with Crippen LogP contribution in [0.25, 0.3) is 22.2 Å². The molecular weight excluding hydrogens is 346 g/mol. The standard InChI is InChI=1S/C22H13F2N2O/c23-16-5-7-18(8-6-16)26-11-10-21(26)14-4-9-20-19(13-14)22(27-25-20)15-2-1-3-17(24)12-15/h1-13H/q+1. The van der Waals surface area contributed by atoms with Gasteiger partial charge in [0.1, 0.15) is 17.2 Å². The van der Waals surface area contributed by atoms with Crippen LogP contribution in [0.1, 0.15) is 5.56 Å². The molecule has 0 amide bonds. The van der Waals surface area contributed by atoms with Crippen molar-refractivity contribution >= 4 is 22.3 Å². The minimum atomic E-state index is -0.327. The Morgan fingerprint density at radius 3 is 2.41 bits per heavy atom. The van der Waals surface area contributed by atoms with Gasteiger partial charge in [0.2, 0.25) is 11.4 Å². The van der Waals surface area contributed by atoms with Crippen LogP contribution in [0, 0.1) is 11.6 Å². The average Bonchev–Trinajstić information content (AvgIpc) is 3.06. The first kappa shape index (κ1) is 15.6. The third kappa shape index (κ3) is 2.64. The number of rotatable bonds is 3. The second-order valence-electron chi connectivity index (χ2n) is 6.30. The van der Waals surface area contributed by atoms with Crippen LogP contribution in [0.5, 0.6) is 0 Å². The maximum atomic E-state index is 13.6. The van der Waals surface area contributed by atoms with Gasteiger partial charge in [-0.1, -0.05) is 17.3 Å². The molecule has 0 N–H and O–H groups in total. The molecule has 5 heteroatoms. The molecule has 3 nitrogen and oxygen atoms in total. The van der Waals surface area contributed by atoms with Gasteiger partial charge in [-0.25, -0.2) is 8.78 Å². The predicted octanol–water partition coefficient (Wildman–Crippen LogP) is 5.43. The summed E-state index contributed by atoms with van der Waals surface area (Å²) in [5, 5.41) is 4.89. The lowest BCUT2D eigenvalue weighted by atomic mass is 10.0. The van der Waals surface area contributed by atoms with Crippen molar-refractivity contribution in [2.45, 2.75) is 0 Å². The predicted molar refractivity (Wildman–Crippen MR) is 99.0 cm³/mol. The van der Waals surface area contributed by atoms with Crippen molar-refractivity contribution in [1.82, 2.24) is 5.16 Å². The van der Waals surface area contributed by atoms with Gasteiger partial charge in [0.05, 0.1) is 11.5 Å². The van der Waals surface area contributed by atoms with Gasteiger partial charge in [-0.15, -0.1) is 0 Å². The number of hydrogen-bond acceptors (Lipinski definition) is 2. The summed E-state index contributed by atoms with van der Waals surface area (Å²) in [6, 6.07) is 18.4. The molecule has 4 aromatic rings. The van der Waals surface area contributed by atoms with Crippen LogP contribution in [0.4, 0.5) is 14.5 Å². The molecule has 0 spiro atoms. The Morgan fingerprint density at radius 2 is 1.67 bits per heavy atom. The van der Waals surface area contributed by atoms with Gasteiger partial charge >= 0.3 is 0 Å². The number of halogens is 2. The number of nitrogens with zero attached hydrogens (tertiary/aromatic N) is 2. The molecule has 5 rings (SSSR count). The SMILES string of the molecule is Fc1ccc([N+]2=C(c3ccc4noc(-c5cccc(F)c5)c4c3)C=C2)cc1. The Bertz CT molecular complexity index is 1240. The molecule has 130 valence electrons. The van der Waals surface area contributed by atoms with E-state index < -0.39 is 0 Å². The number of fused-ring (bicyclic) bond motifs is 1. The summed E-state index contributed by atoms with van der Waals surface area (Å²) in [7, 11) is 0. The van der Waals surface area contributed by atoms with Crippen LogP contribution in [0.3, 0.4) is 0 Å². The van der Waals surface area contributed by atoms with Crippen LogP contribution in [-0.4, -0.2) is 15.4 Å². The fourth-order valence-corrected chi connectivity index (χ4v) is 3.22. The molecule has 0 atom stereocenters. The van der Waals surface area contributed by atoms with E-state index in [1.165, 1.54) is 24.3 Å². The largest absolute Gasteiger partial charge is 0.355 e. The first-order valence-corrected chi connectivity index (χ1v) is 8.45. The number of allylic oxidation sites excluding steroid dienone is 1. The molecule has 1 aliphatic heterocycles. The lowest BCUT2D eigenvalue weighted by molar-refractivity contribution is -0.370. The maximum Gasteiger partial charge on any atom is 0.224 e. The third-order valence-electron chi connectivity index (χ3n) is 4.60. The van der Waals surface area contributed by atoms with E-state index in [1.807, 2.05) is 35.1 Å². The van der Waals surface area contributed by atoms with Crippen LogP contribution in [0.2, 0.25) is 0 Å². The molecule has 1 aromatic heterocycles. The summed E-state index contributed by atoms with van der Waals surface area (Å²) < 4.78 is 34.2. The molecule has 3 aromatic carbocycles. The van der Waals surface area contributed by atoms with E-state index in [-0.39, 0.29) is 11.6 Å². The summed E-state index contributed by atoms with van der Waals surface area (Å²) in [5.41, 5.74) is 4.17. The van der Waals surface area contributed by atoms with Gasteiger partial charge < -0.3 is 4.52 Å². The molecule has 27 heavy (non-hydrogen) atoms. The lowest BCUT2D eigenvalue weighted by Gasteiger charge is -2.09. The Hall–Kier alpha value is -3.60. The van der Waals surface area contributed by atoms with E-state index in [1.54, 1.807) is 24.3 Å². The highest BCUT2D eigenvalue weighted by atomic mass is 19.1. The highest BCUT2D eigenvalue weighted by molar-refractivity contribution is 6.10. The first-order valence-electron chi connectivity index (χ1n) is 8.45. The second-order valence-corrected chi connectivity index (χ2v) is 6.30. The van der Waals surface area contributed by atoms with Gasteiger partial charge in [0.25, 0.3) is 0 Å². The molecule has 2 heterocycles. The minimum absolute atomic E-state index is 0.268. The zero-order valence-electron chi connectivity index (χ0n) is 14.1. The van der Waals surface area contributed by atoms with Crippen molar-refractivity contribution in [2.75, 3.05) is 0 Å². The number of aromatic nitrogens is 1. The Morgan fingerprint density at radius 1 is 0.815 bits per heavy atom. The number of benzene rings is 3. The molecule has 0 bridgehead atoms. The van der Waals surface area contributed by atoms with Crippen LogP contribution >= 0.6 is 0 Å². The van der Waals surface area contributed by atoms with Crippen LogP contribution in [0.15, 0.2) is 83.5 Å². The van der Waals surface area contributed by atoms with Gasteiger partial charge in [-0.3, -0.25) is 0 Å². The molecule has 0 fully saturated rings. The summed E-state index contributed by atoms with van der Waals surface area (Å²) >= 11 is 0. The van der Waals surface area contributed by atoms with E-state index in [0.717, 1.165) is 22.3 Å². The highest BCUT2D eigenvalue weighted by Crippen LogP contribution is 2.31. The molecular formula is C22H13F2N2O+. The van der Waals surface area contributed by atoms with E-state index in [0.29, 0.717) is 16.8 Å². The van der Waals surface area contributed by atoms with E-state index in [9.17, 15) is 8.78 Å². The Labute approximate surface area is 153 Å². The summed E-state index contributed by atoms with van der Waals surface area (Å²) in [4.78, 5) is 0. The zero-order valence-corrected chi connectivity index (χ0v) is 14.1. The fourth-order valence-electron chi connectivity index (χ4n) is 3.22. The third-order valence-corrected chi connectivity index (χ3v) is 4.60. The van der Waals surface area contributed by atoms with Crippen molar-refractivity contribution in [3.05, 3.63) is 96.2 Å². The molecule has 0 saturated heterocycles. The van der Waals surface area contributed by atoms with Crippen molar-refractivity contribution in [3.63, 3.8) is 0 Å². The summed E-state index contributed by atoms with van der Waals surface area (Å²) in [6.07, 6.45) is 3.91. The van der Waals surface area contributed by atoms with Crippen molar-refractivity contribution in [2.24, 2.45) is 0 Å². The summed E-state index contributed by atoms with van der Waals surface area (Å²) in [6.45, 7) is 0. The van der Waals surface area contributed by atoms with Crippen molar-refractivity contribution < 1.29 is 17.9 Å². The topological polar surface area (TPSA) is 29.0 Å². The smallest absolute Gasteiger partial charge is 0.224 e. The van der Waals surface area contributed by atoms with Gasteiger partial charge in [-0.2, -0.15) is 4.58 Å². The van der Waals surface area contributed by atoms with Gasteiger partial charge in [0.15, 0.2) is 12.0 Å². The monoisotopic (exact) mass is 359 g/mol. The zero-order chi connectivity index (χ0) is 18.4. The van der Waals surface area contributed by atoms with Gasteiger partial charge in [0, 0.05) is 23.3 Å². The molecule has 0 aliphatic carbocycles. The van der Waals surface area contributed by atoms with E-state index in [2.05, 4.69) is 5.16 Å². The maximum absolute atomic E-state index is 13.6. The lowest BCUT2D eigenvalue weighted by Crippen LogP contribution is -2.19. The highest BCUT2D eigenvalue weighted by Gasteiger charge is 2.25. The molecule has 0 radical (unpaired) electrons. The molecule has 0 saturated carbocycles. The van der Waals surface area contributed by atoms with E-state index >= 15 is 0 Å². The molecule has 1 aliphatic rings. The Balaban J connectivity index is 1.62. The van der Waals surface area contributed by atoms with E-state index in [4.69, 9.17) is 4.52 Å². The second kappa shape index (κ2) is 5.99.